The van der Waals surface area contributed by atoms with E-state index in [9.17, 15) is 10.1 Å². The molecule has 1 aliphatic rings. The van der Waals surface area contributed by atoms with Gasteiger partial charge >= 0.3 is 6.09 Å². The lowest BCUT2D eigenvalue weighted by Gasteiger charge is -2.36. The quantitative estimate of drug-likeness (QED) is 0.858. The molecule has 0 aliphatic carbocycles. The summed E-state index contributed by atoms with van der Waals surface area (Å²) in [5.41, 5.74) is 1.42. The number of amides is 1. The summed E-state index contributed by atoms with van der Waals surface area (Å²) in [4.78, 5) is 15.7. The molecule has 0 saturated carbocycles. The number of benzene rings is 1. The Morgan fingerprint density at radius 1 is 1.36 bits per heavy atom. The Morgan fingerprint density at radius 2 is 2.05 bits per heavy atom. The van der Waals surface area contributed by atoms with Gasteiger partial charge in [0.05, 0.1) is 17.9 Å². The molecule has 0 bridgehead atoms. The maximum Gasteiger partial charge on any atom is 0.409 e. The van der Waals surface area contributed by atoms with Crippen LogP contribution in [0, 0.1) is 17.2 Å². The number of hydrogen-bond acceptors (Lipinski definition) is 4. The first-order valence-electron chi connectivity index (χ1n) is 7.37. The number of hydrogen-bond donors (Lipinski definition) is 0. The summed E-state index contributed by atoms with van der Waals surface area (Å²) in [7, 11) is 0. The molecule has 1 aromatic carbocycles. The van der Waals surface area contributed by atoms with Crippen molar-refractivity contribution in [3.8, 4) is 6.07 Å². The van der Waals surface area contributed by atoms with E-state index in [1.165, 1.54) is 0 Å². The Hall–Kier alpha value is -1.93. The SMILES string of the molecule is CC(C)COC(=O)N1CCN(c2ccc(Cl)cc2C#N)CC1. The van der Waals surface area contributed by atoms with E-state index in [-0.39, 0.29) is 6.09 Å². The van der Waals surface area contributed by atoms with Crippen LogP contribution < -0.4 is 4.90 Å². The van der Waals surface area contributed by atoms with Crippen LogP contribution in [-0.4, -0.2) is 43.8 Å². The average Bonchev–Trinajstić information content (AvgIpc) is 2.52. The zero-order valence-corrected chi connectivity index (χ0v) is 13.6. The molecule has 1 aliphatic heterocycles. The number of nitrogens with zero attached hydrogens (tertiary/aromatic N) is 3. The van der Waals surface area contributed by atoms with Crippen molar-refractivity contribution in [2.45, 2.75) is 13.8 Å². The Labute approximate surface area is 136 Å². The van der Waals surface area contributed by atoms with E-state index in [2.05, 4.69) is 11.0 Å². The number of carbonyl (C=O) groups excluding carboxylic acids is 1. The number of carbonyl (C=O) groups is 1. The van der Waals surface area contributed by atoms with Gasteiger partial charge in [-0.1, -0.05) is 25.4 Å². The Bertz CT molecular complexity index is 575. The van der Waals surface area contributed by atoms with Crippen molar-refractivity contribution >= 4 is 23.4 Å². The van der Waals surface area contributed by atoms with E-state index >= 15 is 0 Å². The lowest BCUT2D eigenvalue weighted by atomic mass is 10.1. The highest BCUT2D eigenvalue weighted by Gasteiger charge is 2.23. The van der Waals surface area contributed by atoms with Crippen molar-refractivity contribution in [1.29, 1.82) is 5.26 Å². The van der Waals surface area contributed by atoms with Gasteiger partial charge in [0.2, 0.25) is 0 Å². The van der Waals surface area contributed by atoms with Gasteiger partial charge in [0, 0.05) is 31.2 Å². The van der Waals surface area contributed by atoms with Crippen LogP contribution in [0.15, 0.2) is 18.2 Å². The van der Waals surface area contributed by atoms with Gasteiger partial charge < -0.3 is 14.5 Å². The first-order valence-corrected chi connectivity index (χ1v) is 7.75. The van der Waals surface area contributed by atoms with E-state index in [1.807, 2.05) is 19.9 Å². The second kappa shape index (κ2) is 7.37. The fourth-order valence-corrected chi connectivity index (χ4v) is 2.50. The summed E-state index contributed by atoms with van der Waals surface area (Å²) in [6.45, 7) is 6.98. The Morgan fingerprint density at radius 3 is 2.64 bits per heavy atom. The van der Waals surface area contributed by atoms with Gasteiger partial charge in [-0.3, -0.25) is 0 Å². The summed E-state index contributed by atoms with van der Waals surface area (Å²) < 4.78 is 5.24. The van der Waals surface area contributed by atoms with Gasteiger partial charge in [0.1, 0.15) is 6.07 Å². The Balaban J connectivity index is 1.95. The van der Waals surface area contributed by atoms with Gasteiger partial charge in [-0.2, -0.15) is 5.26 Å². The molecule has 22 heavy (non-hydrogen) atoms. The topological polar surface area (TPSA) is 56.6 Å². The summed E-state index contributed by atoms with van der Waals surface area (Å²) in [6, 6.07) is 7.47. The molecule has 6 heteroatoms. The molecule has 1 amide bonds. The highest BCUT2D eigenvalue weighted by molar-refractivity contribution is 6.30. The number of halogens is 1. The predicted octanol–water partition coefficient (Wildman–Crippen LogP) is 3.13. The molecule has 5 nitrogen and oxygen atoms in total. The number of ether oxygens (including phenoxy) is 1. The monoisotopic (exact) mass is 321 g/mol. The summed E-state index contributed by atoms with van der Waals surface area (Å²) >= 11 is 5.92. The predicted molar refractivity (Wildman–Crippen MR) is 86.1 cm³/mol. The van der Waals surface area contributed by atoms with Crippen LogP contribution in [0.1, 0.15) is 19.4 Å². The lowest BCUT2D eigenvalue weighted by molar-refractivity contribution is 0.0901. The van der Waals surface area contributed by atoms with Crippen LogP contribution in [0.3, 0.4) is 0 Å². The molecule has 1 saturated heterocycles. The standard InChI is InChI=1S/C16H20ClN3O2/c1-12(2)11-22-16(21)20-7-5-19(6-8-20)15-4-3-14(17)9-13(15)10-18/h3-4,9,12H,5-8,11H2,1-2H3. The number of piperazine rings is 1. The molecule has 0 spiro atoms. The van der Waals surface area contributed by atoms with E-state index < -0.39 is 0 Å². The van der Waals surface area contributed by atoms with Crippen molar-refractivity contribution in [3.63, 3.8) is 0 Å². The molecule has 0 N–H and O–H groups in total. The minimum absolute atomic E-state index is 0.259. The van der Waals surface area contributed by atoms with Gasteiger partial charge in [-0.05, 0) is 24.1 Å². The average molecular weight is 322 g/mol. The summed E-state index contributed by atoms with van der Waals surface area (Å²) in [5, 5.41) is 9.77. The van der Waals surface area contributed by atoms with E-state index in [1.54, 1.807) is 17.0 Å². The molecule has 1 fully saturated rings. The van der Waals surface area contributed by atoms with Crippen LogP contribution in [-0.2, 0) is 4.74 Å². The smallest absolute Gasteiger partial charge is 0.409 e. The highest BCUT2D eigenvalue weighted by Crippen LogP contribution is 2.24. The molecular weight excluding hydrogens is 302 g/mol. The van der Waals surface area contributed by atoms with E-state index in [0.717, 1.165) is 5.69 Å². The Kier molecular flexibility index (Phi) is 5.51. The van der Waals surface area contributed by atoms with Gasteiger partial charge in [0.25, 0.3) is 0 Å². The normalized spacial score (nSPS) is 14.9. The summed E-state index contributed by atoms with van der Waals surface area (Å²) in [6.07, 6.45) is -0.259. The van der Waals surface area contributed by atoms with Gasteiger partial charge in [0.15, 0.2) is 0 Å². The molecule has 0 radical (unpaired) electrons. The molecule has 1 heterocycles. The first-order chi connectivity index (χ1) is 10.5. The molecule has 0 unspecified atom stereocenters. The van der Waals surface area contributed by atoms with Crippen LogP contribution in [0.4, 0.5) is 10.5 Å². The molecular formula is C16H20ClN3O2. The zero-order valence-electron chi connectivity index (χ0n) is 12.9. The third-order valence-corrected chi connectivity index (χ3v) is 3.73. The van der Waals surface area contributed by atoms with E-state index in [4.69, 9.17) is 16.3 Å². The molecule has 0 atom stereocenters. The first kappa shape index (κ1) is 16.4. The minimum Gasteiger partial charge on any atom is -0.449 e. The van der Waals surface area contributed by atoms with Crippen LogP contribution in [0.5, 0.6) is 0 Å². The fourth-order valence-electron chi connectivity index (χ4n) is 2.33. The number of anilines is 1. The van der Waals surface area contributed by atoms with Gasteiger partial charge in [-0.15, -0.1) is 0 Å². The zero-order chi connectivity index (χ0) is 16.1. The summed E-state index contributed by atoms with van der Waals surface area (Å²) in [5.74, 6) is 0.331. The number of rotatable bonds is 3. The van der Waals surface area contributed by atoms with Crippen LogP contribution >= 0.6 is 11.6 Å². The van der Waals surface area contributed by atoms with Crippen molar-refractivity contribution in [2.75, 3.05) is 37.7 Å². The van der Waals surface area contributed by atoms with E-state index in [0.29, 0.717) is 49.3 Å². The molecule has 0 aromatic heterocycles. The second-order valence-corrected chi connectivity index (χ2v) is 6.15. The van der Waals surface area contributed by atoms with Crippen molar-refractivity contribution in [3.05, 3.63) is 28.8 Å². The molecule has 2 rings (SSSR count). The van der Waals surface area contributed by atoms with Crippen LogP contribution in [0.25, 0.3) is 0 Å². The van der Waals surface area contributed by atoms with Crippen molar-refractivity contribution < 1.29 is 9.53 Å². The lowest BCUT2D eigenvalue weighted by Crippen LogP contribution is -2.49. The van der Waals surface area contributed by atoms with Crippen molar-refractivity contribution in [1.82, 2.24) is 4.90 Å². The number of nitriles is 1. The molecule has 1 aromatic rings. The van der Waals surface area contributed by atoms with Crippen molar-refractivity contribution in [2.24, 2.45) is 5.92 Å². The second-order valence-electron chi connectivity index (χ2n) is 5.72. The fraction of sp³-hybridized carbons (Fsp3) is 0.500. The largest absolute Gasteiger partial charge is 0.449 e. The molecule has 118 valence electrons. The minimum atomic E-state index is -0.259. The maximum absolute atomic E-state index is 11.9. The third-order valence-electron chi connectivity index (χ3n) is 3.50. The maximum atomic E-state index is 11.9. The highest BCUT2D eigenvalue weighted by atomic mass is 35.5. The van der Waals surface area contributed by atoms with Crippen LogP contribution in [0.2, 0.25) is 5.02 Å². The van der Waals surface area contributed by atoms with Gasteiger partial charge in [-0.25, -0.2) is 4.79 Å². The third kappa shape index (κ3) is 4.05.